The fourth-order valence-corrected chi connectivity index (χ4v) is 10.2. The van der Waals surface area contributed by atoms with Gasteiger partial charge in [-0.2, -0.15) is 0 Å². The summed E-state index contributed by atoms with van der Waals surface area (Å²) in [5.74, 6) is 0.281. The van der Waals surface area contributed by atoms with Crippen molar-refractivity contribution in [3.8, 4) is 11.8 Å². The third kappa shape index (κ3) is 12.0. The Morgan fingerprint density at radius 3 is 1.54 bits per heavy atom. The Bertz CT molecular complexity index is 2590. The quantitative estimate of drug-likeness (QED) is 0.138. The molecule has 4 aromatic rings. The average Bonchev–Trinajstić information content (AvgIpc) is 3.20. The Morgan fingerprint density at radius 1 is 0.692 bits per heavy atom. The molecule has 16 nitrogen and oxygen atoms in total. The summed E-state index contributed by atoms with van der Waals surface area (Å²) in [4.78, 5) is 31.5. The summed E-state index contributed by atoms with van der Waals surface area (Å²) < 4.78 is 93.6. The van der Waals surface area contributed by atoms with Gasteiger partial charge < -0.3 is 35.1 Å². The van der Waals surface area contributed by atoms with Gasteiger partial charge in [0.15, 0.2) is 19.7 Å². The number of rotatable bonds is 10. The van der Waals surface area contributed by atoms with Gasteiger partial charge in [-0.05, 0) is 116 Å². The predicted octanol–water partition coefficient (Wildman–Crippen LogP) is 7.89. The number of fused-ring (bicyclic) bond motifs is 4. The zero-order valence-electron chi connectivity index (χ0n) is 37.7. The fourth-order valence-electron chi connectivity index (χ4n) is 8.93. The van der Waals surface area contributed by atoms with E-state index in [-0.39, 0.29) is 51.6 Å². The van der Waals surface area contributed by atoms with Gasteiger partial charge in [0.2, 0.25) is 11.8 Å². The molecule has 2 aromatic heterocycles. The number of hydrogen-bond acceptors (Lipinski definition) is 15. The van der Waals surface area contributed by atoms with Gasteiger partial charge in [0.1, 0.15) is 53.7 Å². The minimum absolute atomic E-state index is 0.0412. The molecule has 4 atom stereocenters. The van der Waals surface area contributed by atoms with Crippen molar-refractivity contribution in [2.75, 3.05) is 23.1 Å². The van der Waals surface area contributed by atoms with E-state index in [1.165, 1.54) is 56.2 Å². The Kier molecular flexibility index (Phi) is 14.2. The first-order valence-corrected chi connectivity index (χ1v) is 25.7. The van der Waals surface area contributed by atoms with E-state index in [0.717, 1.165) is 56.7 Å². The van der Waals surface area contributed by atoms with Crippen molar-refractivity contribution in [3.63, 3.8) is 0 Å². The number of ether oxygens (including phenoxy) is 3. The molecule has 2 aromatic carbocycles. The van der Waals surface area contributed by atoms with Gasteiger partial charge in [0, 0.05) is 49.5 Å². The van der Waals surface area contributed by atoms with Crippen LogP contribution in [-0.2, 0) is 24.4 Å². The molecule has 4 bridgehead atoms. The molecule has 4 fully saturated rings. The van der Waals surface area contributed by atoms with E-state index in [2.05, 4.69) is 35.9 Å². The van der Waals surface area contributed by atoms with Gasteiger partial charge >= 0.3 is 6.09 Å². The first-order valence-electron chi connectivity index (χ1n) is 21.9. The van der Waals surface area contributed by atoms with Crippen molar-refractivity contribution in [3.05, 3.63) is 71.8 Å². The first-order chi connectivity index (χ1) is 30.6. The normalized spacial score (nSPS) is 23.1. The summed E-state index contributed by atoms with van der Waals surface area (Å²) in [6.07, 6.45) is 14.2. The summed E-state index contributed by atoms with van der Waals surface area (Å²) in [5, 5.41) is 9.47. The molecular formula is C45H58F2N8O8S2. The lowest BCUT2D eigenvalue weighted by Gasteiger charge is -2.48. The van der Waals surface area contributed by atoms with Gasteiger partial charge in [-0.3, -0.25) is 0 Å². The van der Waals surface area contributed by atoms with E-state index in [9.17, 15) is 30.4 Å². The summed E-state index contributed by atoms with van der Waals surface area (Å²) in [6.45, 7) is 9.20. The SMILES string of the molecule is Cc1c(Nc2ccc(S(C)(=O)=O)cc2F)ncnc1OC1CC2CCCC(C1)N2.Cc1c(Nc2ccc(S(C)(=O)=O)cc2F)ncnc1OC1CC2CCCC(C1)N2C(=O)OC(C)(C)C. The van der Waals surface area contributed by atoms with Gasteiger partial charge in [0.25, 0.3) is 0 Å². The molecule has 0 spiro atoms. The minimum Gasteiger partial charge on any atom is -0.474 e. The zero-order chi connectivity index (χ0) is 46.8. The third-order valence-electron chi connectivity index (χ3n) is 12.1. The number of nitrogens with one attached hydrogen (secondary N) is 3. The highest BCUT2D eigenvalue weighted by Crippen LogP contribution is 2.38. The van der Waals surface area contributed by atoms with E-state index in [1.54, 1.807) is 6.92 Å². The maximum absolute atomic E-state index is 14.6. The van der Waals surface area contributed by atoms with E-state index >= 15 is 0 Å². The maximum atomic E-state index is 14.6. The average molecular weight is 941 g/mol. The van der Waals surface area contributed by atoms with Crippen molar-refractivity contribution >= 4 is 48.8 Å². The largest absolute Gasteiger partial charge is 0.474 e. The van der Waals surface area contributed by atoms with Crippen LogP contribution in [0.15, 0.2) is 58.8 Å². The smallest absolute Gasteiger partial charge is 0.410 e. The Labute approximate surface area is 379 Å². The molecule has 4 aliphatic heterocycles. The summed E-state index contributed by atoms with van der Waals surface area (Å²) in [5.41, 5.74) is 0.966. The van der Waals surface area contributed by atoms with Gasteiger partial charge in [0.05, 0.1) is 32.3 Å². The van der Waals surface area contributed by atoms with Gasteiger partial charge in [-0.1, -0.05) is 6.42 Å². The number of piperidine rings is 4. The molecule has 4 aliphatic rings. The Morgan fingerprint density at radius 2 is 1.12 bits per heavy atom. The molecule has 0 saturated carbocycles. The van der Waals surface area contributed by atoms with Crippen molar-refractivity contribution in [1.29, 1.82) is 0 Å². The van der Waals surface area contributed by atoms with Crippen molar-refractivity contribution in [2.45, 2.75) is 151 Å². The number of carbonyl (C=O) groups excluding carboxylic acids is 1. The van der Waals surface area contributed by atoms with Crippen LogP contribution in [0.4, 0.5) is 36.6 Å². The zero-order valence-corrected chi connectivity index (χ0v) is 39.4. The summed E-state index contributed by atoms with van der Waals surface area (Å²) >= 11 is 0. The van der Waals surface area contributed by atoms with Crippen LogP contribution in [0.1, 0.15) is 96.1 Å². The van der Waals surface area contributed by atoms with Gasteiger partial charge in [-0.15, -0.1) is 0 Å². The first kappa shape index (κ1) is 47.7. The second-order valence-electron chi connectivity index (χ2n) is 18.4. The molecule has 6 heterocycles. The molecule has 65 heavy (non-hydrogen) atoms. The van der Waals surface area contributed by atoms with Crippen LogP contribution < -0.4 is 25.4 Å². The van der Waals surface area contributed by atoms with Crippen molar-refractivity contribution in [2.24, 2.45) is 0 Å². The number of nitrogens with zero attached hydrogens (tertiary/aromatic N) is 5. The van der Waals surface area contributed by atoms with Crippen LogP contribution in [0.2, 0.25) is 0 Å². The fraction of sp³-hybridized carbons (Fsp3) is 0.533. The maximum Gasteiger partial charge on any atom is 0.410 e. The molecule has 352 valence electrons. The second kappa shape index (κ2) is 19.3. The van der Waals surface area contributed by atoms with Crippen LogP contribution in [0.3, 0.4) is 0 Å². The number of aromatic nitrogens is 4. The number of carbonyl (C=O) groups is 1. The van der Waals surface area contributed by atoms with E-state index in [1.807, 2.05) is 32.6 Å². The van der Waals surface area contributed by atoms with Crippen molar-refractivity contribution in [1.82, 2.24) is 30.2 Å². The lowest BCUT2D eigenvalue weighted by molar-refractivity contribution is -0.0413. The third-order valence-corrected chi connectivity index (χ3v) is 14.3. The number of halogens is 2. The van der Waals surface area contributed by atoms with Crippen molar-refractivity contribution < 1.29 is 44.6 Å². The molecular weight excluding hydrogens is 883 g/mol. The molecule has 4 unspecified atom stereocenters. The number of hydrogen-bond donors (Lipinski definition) is 3. The number of amides is 1. The molecule has 4 saturated heterocycles. The summed E-state index contributed by atoms with van der Waals surface area (Å²) in [6, 6.07) is 8.50. The molecule has 3 N–H and O–H groups in total. The van der Waals surface area contributed by atoms with E-state index in [0.29, 0.717) is 59.4 Å². The highest BCUT2D eigenvalue weighted by atomic mass is 32.2. The van der Waals surface area contributed by atoms with Crippen LogP contribution in [0.25, 0.3) is 0 Å². The summed E-state index contributed by atoms with van der Waals surface area (Å²) in [7, 11) is -6.99. The highest BCUT2D eigenvalue weighted by Gasteiger charge is 2.43. The Hall–Kier alpha value is -5.21. The number of sulfone groups is 2. The predicted molar refractivity (Wildman–Crippen MR) is 240 cm³/mol. The standard InChI is InChI=1S/C25H33FN4O5S.C20H25FN4O3S/c1-15-22(29-21-10-9-19(13-20(21)26)36(5,32)33)27-14-28-23(15)34-18-11-16-7-6-8-17(12-18)30(16)24(31)35-25(2,3)4;1-12-19(25-18-7-6-16(10-17(18)21)29(2,26)27)22-11-23-20(12)28-15-8-13-4-3-5-14(9-15)24-13/h9-10,13-14,16-18H,6-8,11-12H2,1-5H3,(H,27,28,29);6-7,10-11,13-15,24H,3-5,8-9H2,1-2H3,(H,22,23,25). The monoisotopic (exact) mass is 940 g/mol. The highest BCUT2D eigenvalue weighted by molar-refractivity contribution is 7.91. The Balaban J connectivity index is 0.000000198. The molecule has 20 heteroatoms. The molecule has 1 amide bonds. The number of anilines is 4. The van der Waals surface area contributed by atoms with Crippen LogP contribution in [-0.4, -0.2) is 102 Å². The van der Waals surface area contributed by atoms with E-state index in [4.69, 9.17) is 14.2 Å². The lowest BCUT2D eigenvalue weighted by Crippen LogP contribution is -2.57. The molecule has 0 radical (unpaired) electrons. The molecule has 8 rings (SSSR count). The van der Waals surface area contributed by atoms with Crippen LogP contribution in [0, 0.1) is 25.5 Å². The van der Waals surface area contributed by atoms with Crippen LogP contribution in [0.5, 0.6) is 11.8 Å². The van der Waals surface area contributed by atoms with Crippen LogP contribution >= 0.6 is 0 Å². The topological polar surface area (TPSA) is 204 Å². The minimum atomic E-state index is -3.52. The van der Waals surface area contributed by atoms with Gasteiger partial charge in [-0.25, -0.2) is 50.3 Å². The lowest BCUT2D eigenvalue weighted by atomic mass is 9.83. The molecule has 0 aliphatic carbocycles. The van der Waals surface area contributed by atoms with E-state index < -0.39 is 36.9 Å². The second-order valence-corrected chi connectivity index (χ2v) is 22.5. The number of benzene rings is 2.